The topological polar surface area (TPSA) is 55.4 Å². The minimum absolute atomic E-state index is 0.137. The molecule has 0 unspecified atom stereocenters. The average Bonchev–Trinajstić information content (AvgIpc) is 2.35. The first-order chi connectivity index (χ1) is 8.81. The summed E-state index contributed by atoms with van der Waals surface area (Å²) in [4.78, 5) is 22.6. The van der Waals surface area contributed by atoms with Crippen LogP contribution in [0.5, 0.6) is 0 Å². The molecule has 1 aliphatic carbocycles. The number of nitrogens with one attached hydrogen (secondary N) is 1. The van der Waals surface area contributed by atoms with Crippen molar-refractivity contribution in [3.63, 3.8) is 0 Å². The van der Waals surface area contributed by atoms with Crippen LogP contribution in [0.1, 0.15) is 38.5 Å². The number of halogens is 3. The smallest absolute Gasteiger partial charge is 0.389 e. The van der Waals surface area contributed by atoms with Crippen molar-refractivity contribution in [1.29, 1.82) is 0 Å². The van der Waals surface area contributed by atoms with Crippen molar-refractivity contribution in [2.45, 2.75) is 50.7 Å². The van der Waals surface area contributed by atoms with Gasteiger partial charge in [0, 0.05) is 12.5 Å². The molecule has 4 nitrogen and oxygen atoms in total. The average molecular weight is 281 g/mol. The summed E-state index contributed by atoms with van der Waals surface area (Å²) in [7, 11) is 1.33. The maximum atomic E-state index is 11.9. The number of alkyl halides is 3. The molecule has 0 radical (unpaired) electrons. The highest BCUT2D eigenvalue weighted by molar-refractivity contribution is 5.76. The lowest BCUT2D eigenvalue weighted by atomic mass is 9.86. The van der Waals surface area contributed by atoms with Crippen LogP contribution in [0.3, 0.4) is 0 Å². The fourth-order valence-electron chi connectivity index (χ4n) is 2.20. The molecule has 0 saturated heterocycles. The third-order valence-corrected chi connectivity index (χ3v) is 3.26. The zero-order chi connectivity index (χ0) is 14.5. The van der Waals surface area contributed by atoms with Crippen LogP contribution >= 0.6 is 0 Å². The summed E-state index contributed by atoms with van der Waals surface area (Å²) in [5.41, 5.74) is 0. The molecular formula is C12H18F3NO3. The molecule has 1 saturated carbocycles. The summed E-state index contributed by atoms with van der Waals surface area (Å²) in [5.74, 6) is -1.01. The zero-order valence-electron chi connectivity index (χ0n) is 10.8. The first-order valence-corrected chi connectivity index (χ1v) is 6.26. The van der Waals surface area contributed by atoms with Crippen molar-refractivity contribution in [2.75, 3.05) is 7.11 Å². The Morgan fingerprint density at radius 2 is 1.79 bits per heavy atom. The first-order valence-electron chi connectivity index (χ1n) is 6.26. The van der Waals surface area contributed by atoms with Crippen molar-refractivity contribution in [3.05, 3.63) is 0 Å². The molecule has 1 fully saturated rings. The van der Waals surface area contributed by atoms with E-state index < -0.39 is 24.9 Å². The van der Waals surface area contributed by atoms with Crippen molar-refractivity contribution < 1.29 is 27.5 Å². The highest BCUT2D eigenvalue weighted by atomic mass is 19.4. The molecule has 0 bridgehead atoms. The monoisotopic (exact) mass is 281 g/mol. The van der Waals surface area contributed by atoms with Gasteiger partial charge in [0.1, 0.15) is 0 Å². The molecule has 0 aliphatic heterocycles. The molecule has 0 heterocycles. The molecule has 1 N–H and O–H groups in total. The van der Waals surface area contributed by atoms with Gasteiger partial charge in [-0.3, -0.25) is 9.59 Å². The minimum Gasteiger partial charge on any atom is -0.469 e. The molecule has 0 spiro atoms. The van der Waals surface area contributed by atoms with E-state index in [1.165, 1.54) is 7.11 Å². The SMILES string of the molecule is COC(=O)C1CCC(NC(=O)CCC(F)(F)F)CC1. The maximum absolute atomic E-state index is 11.9. The Kier molecular flexibility index (Phi) is 5.62. The summed E-state index contributed by atoms with van der Waals surface area (Å²) < 4.78 is 40.5. The third-order valence-electron chi connectivity index (χ3n) is 3.26. The standard InChI is InChI=1S/C12H18F3NO3/c1-19-11(18)8-2-4-9(5-3-8)16-10(17)6-7-12(13,14)15/h8-9H,2-7H2,1H3,(H,16,17). The molecule has 0 aromatic carbocycles. The van der Waals surface area contributed by atoms with Crippen LogP contribution in [0.15, 0.2) is 0 Å². The summed E-state index contributed by atoms with van der Waals surface area (Å²) in [5, 5.41) is 2.58. The molecule has 0 atom stereocenters. The number of hydrogen-bond acceptors (Lipinski definition) is 3. The van der Waals surface area contributed by atoms with Gasteiger partial charge in [-0.25, -0.2) is 0 Å². The molecule has 19 heavy (non-hydrogen) atoms. The van der Waals surface area contributed by atoms with Crippen LogP contribution in [-0.2, 0) is 14.3 Å². The van der Waals surface area contributed by atoms with E-state index in [1.807, 2.05) is 0 Å². The fourth-order valence-corrected chi connectivity index (χ4v) is 2.20. The van der Waals surface area contributed by atoms with E-state index in [2.05, 4.69) is 10.1 Å². The molecule has 0 aromatic heterocycles. The molecule has 1 aliphatic rings. The summed E-state index contributed by atoms with van der Waals surface area (Å²) in [6.07, 6.45) is -3.57. The lowest BCUT2D eigenvalue weighted by Gasteiger charge is -2.27. The van der Waals surface area contributed by atoms with E-state index in [0.717, 1.165) is 0 Å². The van der Waals surface area contributed by atoms with Gasteiger partial charge >= 0.3 is 12.1 Å². The van der Waals surface area contributed by atoms with Gasteiger partial charge in [0.2, 0.25) is 5.91 Å². The lowest BCUT2D eigenvalue weighted by Crippen LogP contribution is -2.39. The normalized spacial score (nSPS) is 23.8. The van der Waals surface area contributed by atoms with Crippen LogP contribution < -0.4 is 5.32 Å². The second kappa shape index (κ2) is 6.77. The van der Waals surface area contributed by atoms with Gasteiger partial charge in [-0.1, -0.05) is 0 Å². The predicted molar refractivity (Wildman–Crippen MR) is 61.2 cm³/mol. The molecule has 110 valence electrons. The van der Waals surface area contributed by atoms with Crippen molar-refractivity contribution in [1.82, 2.24) is 5.32 Å². The number of carbonyl (C=O) groups is 2. The van der Waals surface area contributed by atoms with Crippen LogP contribution in [0.4, 0.5) is 13.2 Å². The number of methoxy groups -OCH3 is 1. The third kappa shape index (κ3) is 5.94. The summed E-state index contributed by atoms with van der Waals surface area (Å²) in [6.45, 7) is 0. The zero-order valence-corrected chi connectivity index (χ0v) is 10.8. The number of hydrogen-bond donors (Lipinski definition) is 1. The molecule has 0 aromatic rings. The number of amides is 1. The quantitative estimate of drug-likeness (QED) is 0.804. The molecule has 7 heteroatoms. The first kappa shape index (κ1) is 15.8. The van der Waals surface area contributed by atoms with Gasteiger partial charge in [0.25, 0.3) is 0 Å². The second-order valence-corrected chi connectivity index (χ2v) is 4.75. The van der Waals surface area contributed by atoms with Crippen LogP contribution in [0.2, 0.25) is 0 Å². The number of carbonyl (C=O) groups excluding carboxylic acids is 2. The van der Waals surface area contributed by atoms with E-state index in [1.54, 1.807) is 0 Å². The highest BCUT2D eigenvalue weighted by Crippen LogP contribution is 2.26. The van der Waals surface area contributed by atoms with Crippen molar-refractivity contribution in [2.24, 2.45) is 5.92 Å². The Bertz CT molecular complexity index is 323. The Labute approximate surface area is 109 Å². The Morgan fingerprint density at radius 1 is 1.21 bits per heavy atom. The van der Waals surface area contributed by atoms with E-state index >= 15 is 0 Å². The van der Waals surface area contributed by atoms with E-state index in [4.69, 9.17) is 0 Å². The van der Waals surface area contributed by atoms with Gasteiger partial charge < -0.3 is 10.1 Å². The summed E-state index contributed by atoms with van der Waals surface area (Å²) in [6, 6.07) is -0.137. The Hall–Kier alpha value is -1.27. The van der Waals surface area contributed by atoms with Gasteiger partial charge in [0.05, 0.1) is 19.4 Å². The lowest BCUT2D eigenvalue weighted by molar-refractivity contribution is -0.147. The van der Waals surface area contributed by atoms with Gasteiger partial charge in [-0.05, 0) is 25.7 Å². The van der Waals surface area contributed by atoms with E-state index in [0.29, 0.717) is 25.7 Å². The Balaban J connectivity index is 2.25. The highest BCUT2D eigenvalue weighted by Gasteiger charge is 2.30. The maximum Gasteiger partial charge on any atom is 0.389 e. The minimum atomic E-state index is -4.31. The number of esters is 1. The van der Waals surface area contributed by atoms with Crippen LogP contribution in [-0.4, -0.2) is 31.2 Å². The van der Waals surface area contributed by atoms with Gasteiger partial charge in [-0.15, -0.1) is 0 Å². The van der Waals surface area contributed by atoms with Gasteiger partial charge in [-0.2, -0.15) is 13.2 Å². The van der Waals surface area contributed by atoms with Crippen molar-refractivity contribution >= 4 is 11.9 Å². The molecular weight excluding hydrogens is 263 g/mol. The van der Waals surface area contributed by atoms with Crippen LogP contribution in [0, 0.1) is 5.92 Å². The predicted octanol–water partition coefficient (Wildman–Crippen LogP) is 2.18. The Morgan fingerprint density at radius 3 is 2.26 bits per heavy atom. The molecule has 1 amide bonds. The number of ether oxygens (including phenoxy) is 1. The van der Waals surface area contributed by atoms with Crippen LogP contribution in [0.25, 0.3) is 0 Å². The van der Waals surface area contributed by atoms with E-state index in [-0.39, 0.29) is 17.9 Å². The van der Waals surface area contributed by atoms with Gasteiger partial charge in [0.15, 0.2) is 0 Å². The van der Waals surface area contributed by atoms with Crippen molar-refractivity contribution in [3.8, 4) is 0 Å². The second-order valence-electron chi connectivity index (χ2n) is 4.75. The molecule has 1 rings (SSSR count). The number of rotatable bonds is 4. The summed E-state index contributed by atoms with van der Waals surface area (Å²) >= 11 is 0. The fraction of sp³-hybridized carbons (Fsp3) is 0.833. The van der Waals surface area contributed by atoms with E-state index in [9.17, 15) is 22.8 Å². The largest absolute Gasteiger partial charge is 0.469 e.